The van der Waals surface area contributed by atoms with Crippen LogP contribution >= 0.6 is 11.3 Å². The number of nitrogens with two attached hydrogens (primary N) is 1. The molecule has 0 saturated heterocycles. The zero-order chi connectivity index (χ0) is 11.3. The summed E-state index contributed by atoms with van der Waals surface area (Å²) in [4.78, 5) is 28.9. The van der Waals surface area contributed by atoms with Crippen LogP contribution in [0.5, 0.6) is 0 Å². The predicted molar refractivity (Wildman–Crippen MR) is 52.2 cm³/mol. The molecular formula is C7H6N3O4S. The van der Waals surface area contributed by atoms with Gasteiger partial charge < -0.3 is 10.5 Å². The Hall–Kier alpha value is -1.96. The quantitative estimate of drug-likeness (QED) is 0.346. The fourth-order valence-electron chi connectivity index (χ4n) is 0.634. The van der Waals surface area contributed by atoms with Gasteiger partial charge in [-0.2, -0.15) is 0 Å². The number of carbonyl (C=O) groups excluding carboxylic acids is 2. The molecule has 7 nitrogen and oxygen atoms in total. The van der Waals surface area contributed by atoms with Crippen LogP contribution in [0, 0.1) is 0 Å². The Balaban J connectivity index is 2.79. The monoisotopic (exact) mass is 228 g/mol. The lowest BCUT2D eigenvalue weighted by atomic mass is 10.3. The summed E-state index contributed by atoms with van der Waals surface area (Å²) < 4.78 is 4.15. The summed E-state index contributed by atoms with van der Waals surface area (Å²) in [5.74, 6) is 0. The topological polar surface area (TPSA) is 104 Å². The van der Waals surface area contributed by atoms with E-state index in [1.165, 1.54) is 11.7 Å². The van der Waals surface area contributed by atoms with E-state index in [9.17, 15) is 9.59 Å². The molecule has 0 saturated carbocycles. The molecule has 0 unspecified atom stereocenters. The van der Waals surface area contributed by atoms with Crippen molar-refractivity contribution >= 4 is 34.6 Å². The van der Waals surface area contributed by atoms with E-state index in [-0.39, 0.29) is 16.5 Å². The highest BCUT2D eigenvalue weighted by Crippen LogP contribution is 2.11. The number of methoxy groups -OCH3 is 1. The van der Waals surface area contributed by atoms with Crippen LogP contribution in [0.15, 0.2) is 10.5 Å². The van der Waals surface area contributed by atoms with Crippen LogP contribution < -0.4 is 5.73 Å². The van der Waals surface area contributed by atoms with Gasteiger partial charge in [-0.25, -0.2) is 9.78 Å². The highest BCUT2D eigenvalue weighted by atomic mass is 32.1. The second kappa shape index (κ2) is 5.05. The van der Waals surface area contributed by atoms with Crippen molar-refractivity contribution in [3.63, 3.8) is 0 Å². The first-order chi connectivity index (χ1) is 7.17. The summed E-state index contributed by atoms with van der Waals surface area (Å²) in [6.45, 7) is 0. The molecular weight excluding hydrogens is 222 g/mol. The third-order valence-electron chi connectivity index (χ3n) is 1.24. The van der Waals surface area contributed by atoms with E-state index in [1.54, 1.807) is 0 Å². The third kappa shape index (κ3) is 3.02. The molecule has 0 aliphatic carbocycles. The van der Waals surface area contributed by atoms with E-state index in [4.69, 9.17) is 5.73 Å². The number of nitrogens with zero attached hydrogens (tertiary/aromatic N) is 2. The van der Waals surface area contributed by atoms with Crippen molar-refractivity contribution in [3.8, 4) is 0 Å². The second-order valence-corrected chi connectivity index (χ2v) is 3.05. The normalized spacial score (nSPS) is 10.9. The van der Waals surface area contributed by atoms with Gasteiger partial charge >= 0.3 is 6.16 Å². The molecule has 0 aliphatic heterocycles. The van der Waals surface area contributed by atoms with E-state index in [0.29, 0.717) is 0 Å². The molecule has 8 heteroatoms. The number of nitrogen functional groups attached to an aromatic ring is 1. The van der Waals surface area contributed by atoms with Gasteiger partial charge in [0.05, 0.1) is 7.11 Å². The van der Waals surface area contributed by atoms with Crippen LogP contribution in [-0.4, -0.2) is 30.2 Å². The summed E-state index contributed by atoms with van der Waals surface area (Å²) in [6, 6.07) is 0. The number of hydrogen-bond donors (Lipinski definition) is 1. The molecule has 0 amide bonds. The van der Waals surface area contributed by atoms with Gasteiger partial charge in [-0.15, -0.1) is 11.3 Å². The molecule has 1 aromatic rings. The molecule has 1 rings (SSSR count). The van der Waals surface area contributed by atoms with E-state index in [0.717, 1.165) is 18.4 Å². The van der Waals surface area contributed by atoms with Crippen LogP contribution in [0.4, 0.5) is 9.93 Å². The summed E-state index contributed by atoms with van der Waals surface area (Å²) in [5, 5.41) is 4.96. The molecule has 0 aliphatic rings. The number of oxime groups is 1. The molecule has 0 atom stereocenters. The summed E-state index contributed by atoms with van der Waals surface area (Å²) >= 11 is 1.12. The van der Waals surface area contributed by atoms with Crippen molar-refractivity contribution in [1.29, 1.82) is 0 Å². The van der Waals surface area contributed by atoms with Crippen molar-refractivity contribution in [1.82, 2.24) is 4.98 Å². The SMILES string of the molecule is COC(=O)ON=C([C]=O)c1csc(N)n1. The van der Waals surface area contributed by atoms with Gasteiger partial charge in [-0.05, 0) is 0 Å². The second-order valence-electron chi connectivity index (χ2n) is 2.16. The Kier molecular flexibility index (Phi) is 3.75. The first-order valence-corrected chi connectivity index (χ1v) is 4.47. The lowest BCUT2D eigenvalue weighted by molar-refractivity contribution is 0.0756. The molecule has 1 heterocycles. The highest BCUT2D eigenvalue weighted by Gasteiger charge is 2.10. The molecule has 15 heavy (non-hydrogen) atoms. The largest absolute Gasteiger partial charge is 0.534 e. The molecule has 1 aromatic heterocycles. The maximum absolute atomic E-state index is 10.5. The summed E-state index contributed by atoms with van der Waals surface area (Å²) in [6.07, 6.45) is 0.431. The van der Waals surface area contributed by atoms with E-state index >= 15 is 0 Å². The van der Waals surface area contributed by atoms with Crippen molar-refractivity contribution in [3.05, 3.63) is 11.1 Å². The average Bonchev–Trinajstić information content (AvgIpc) is 2.65. The minimum absolute atomic E-state index is 0.191. The lowest BCUT2D eigenvalue weighted by Crippen LogP contribution is -2.07. The molecule has 0 aromatic carbocycles. The van der Waals surface area contributed by atoms with Gasteiger partial charge in [0.15, 0.2) is 10.8 Å². The zero-order valence-corrected chi connectivity index (χ0v) is 8.41. The Morgan fingerprint density at radius 1 is 1.73 bits per heavy atom. The molecule has 0 fully saturated rings. The van der Waals surface area contributed by atoms with Crippen molar-refractivity contribution in [2.24, 2.45) is 5.16 Å². The molecule has 2 N–H and O–H groups in total. The molecule has 0 bridgehead atoms. The number of thiazole rings is 1. The van der Waals surface area contributed by atoms with Gasteiger partial charge in [0.1, 0.15) is 5.69 Å². The van der Waals surface area contributed by atoms with Crippen LogP contribution in [0.3, 0.4) is 0 Å². The number of rotatable bonds is 3. The average molecular weight is 228 g/mol. The Labute approximate surface area is 88.5 Å². The molecule has 79 valence electrons. The molecule has 0 spiro atoms. The summed E-state index contributed by atoms with van der Waals surface area (Å²) in [5.41, 5.74) is 5.28. The van der Waals surface area contributed by atoms with Crippen LogP contribution in [0.1, 0.15) is 5.69 Å². The summed E-state index contributed by atoms with van der Waals surface area (Å²) in [7, 11) is 1.11. The first-order valence-electron chi connectivity index (χ1n) is 3.60. The molecule has 1 radical (unpaired) electrons. The van der Waals surface area contributed by atoms with E-state index < -0.39 is 6.16 Å². The number of aromatic nitrogens is 1. The van der Waals surface area contributed by atoms with Gasteiger partial charge in [0, 0.05) is 5.38 Å². The fraction of sp³-hybridized carbons (Fsp3) is 0.143. The van der Waals surface area contributed by atoms with Crippen molar-refractivity contribution < 1.29 is 19.2 Å². The minimum Gasteiger partial charge on any atom is -0.436 e. The maximum Gasteiger partial charge on any atom is 0.534 e. The van der Waals surface area contributed by atoms with Crippen LogP contribution in [0.25, 0.3) is 0 Å². The standard InChI is InChI=1S/C7H6N3O4S/c1-13-7(12)14-10-4(2-11)5-3-15-6(8)9-5/h3H,1H3,(H2,8,9). The van der Waals surface area contributed by atoms with Gasteiger partial charge in [0.25, 0.3) is 6.29 Å². The van der Waals surface area contributed by atoms with Gasteiger partial charge in [-0.1, -0.05) is 5.16 Å². The number of carbonyl (C=O) groups is 1. The smallest absolute Gasteiger partial charge is 0.436 e. The van der Waals surface area contributed by atoms with E-state index in [1.807, 2.05) is 0 Å². The van der Waals surface area contributed by atoms with Crippen molar-refractivity contribution in [2.75, 3.05) is 12.8 Å². The third-order valence-corrected chi connectivity index (χ3v) is 1.91. The van der Waals surface area contributed by atoms with Crippen molar-refractivity contribution in [2.45, 2.75) is 0 Å². The maximum atomic E-state index is 10.5. The Bertz CT molecular complexity index is 401. The van der Waals surface area contributed by atoms with Crippen LogP contribution in [0.2, 0.25) is 0 Å². The lowest BCUT2D eigenvalue weighted by Gasteiger charge is -1.94. The number of ether oxygens (including phenoxy) is 1. The fourth-order valence-corrected chi connectivity index (χ4v) is 1.18. The highest BCUT2D eigenvalue weighted by molar-refractivity contribution is 7.13. The minimum atomic E-state index is -1.04. The Morgan fingerprint density at radius 2 is 2.47 bits per heavy atom. The zero-order valence-electron chi connectivity index (χ0n) is 7.59. The number of hydrogen-bond acceptors (Lipinski definition) is 8. The number of anilines is 1. The Morgan fingerprint density at radius 3 is 2.93 bits per heavy atom. The van der Waals surface area contributed by atoms with Gasteiger partial charge in [-0.3, -0.25) is 9.63 Å². The predicted octanol–water partition coefficient (Wildman–Crippen LogP) is 0.322. The first kappa shape index (κ1) is 11.1. The van der Waals surface area contributed by atoms with Crippen LogP contribution in [-0.2, 0) is 14.4 Å². The van der Waals surface area contributed by atoms with Gasteiger partial charge in [0.2, 0.25) is 0 Å². The van der Waals surface area contributed by atoms with E-state index in [2.05, 4.69) is 19.7 Å².